The van der Waals surface area contributed by atoms with Gasteiger partial charge in [-0.15, -0.1) is 0 Å². The van der Waals surface area contributed by atoms with Crippen LogP contribution in [0, 0.1) is 11.8 Å². The molecule has 1 aliphatic carbocycles. The Morgan fingerprint density at radius 2 is 2.16 bits per heavy atom. The zero-order valence-corrected chi connectivity index (χ0v) is 11.9. The molecule has 1 fully saturated rings. The lowest BCUT2D eigenvalue weighted by Gasteiger charge is -2.33. The maximum Gasteiger partial charge on any atom is 0.251 e. The third-order valence-electron chi connectivity index (χ3n) is 4.03. The van der Waals surface area contributed by atoms with Crippen LogP contribution in [0.25, 0.3) is 0 Å². The largest absolute Gasteiger partial charge is 0.373 e. The maximum atomic E-state index is 12.2. The van der Waals surface area contributed by atoms with Crippen LogP contribution in [-0.4, -0.2) is 24.0 Å². The van der Waals surface area contributed by atoms with Gasteiger partial charge in [-0.3, -0.25) is 4.79 Å². The van der Waals surface area contributed by atoms with Crippen molar-refractivity contribution in [3.63, 3.8) is 0 Å². The molecule has 2 rings (SSSR count). The summed E-state index contributed by atoms with van der Waals surface area (Å²) in [5.74, 6) is 2.06. The molecule has 1 heterocycles. The van der Waals surface area contributed by atoms with Crippen molar-refractivity contribution in [1.29, 1.82) is 0 Å². The molecule has 3 atom stereocenters. The van der Waals surface area contributed by atoms with E-state index in [-0.39, 0.29) is 5.91 Å². The summed E-state index contributed by atoms with van der Waals surface area (Å²) in [6, 6.07) is 3.84. The van der Waals surface area contributed by atoms with E-state index in [2.05, 4.69) is 29.5 Å². The molecule has 1 aromatic rings. The Morgan fingerprint density at radius 3 is 2.84 bits per heavy atom. The first-order chi connectivity index (χ1) is 9.10. The Morgan fingerprint density at radius 1 is 1.37 bits per heavy atom. The van der Waals surface area contributed by atoms with Gasteiger partial charge in [-0.1, -0.05) is 13.8 Å². The number of nitrogens with one attached hydrogen (secondary N) is 2. The smallest absolute Gasteiger partial charge is 0.251 e. The fraction of sp³-hybridized carbons (Fsp3) is 0.600. The number of anilines is 1. The highest BCUT2D eigenvalue weighted by Gasteiger charge is 2.26. The van der Waals surface area contributed by atoms with Crippen LogP contribution in [0.2, 0.25) is 0 Å². The van der Waals surface area contributed by atoms with Crippen molar-refractivity contribution < 1.29 is 4.79 Å². The molecule has 1 aliphatic rings. The lowest BCUT2D eigenvalue weighted by Crippen LogP contribution is -2.42. The number of aromatic nitrogens is 1. The molecule has 1 aromatic heterocycles. The fourth-order valence-electron chi connectivity index (χ4n) is 2.84. The Labute approximate surface area is 115 Å². The maximum absolute atomic E-state index is 12.2. The summed E-state index contributed by atoms with van der Waals surface area (Å²) in [6.45, 7) is 4.52. The van der Waals surface area contributed by atoms with E-state index in [0.29, 0.717) is 17.5 Å². The van der Waals surface area contributed by atoms with Crippen LogP contribution in [0.15, 0.2) is 18.3 Å². The molecule has 4 heteroatoms. The van der Waals surface area contributed by atoms with E-state index < -0.39 is 0 Å². The van der Waals surface area contributed by atoms with E-state index in [1.807, 2.05) is 0 Å². The van der Waals surface area contributed by atoms with Crippen LogP contribution in [0.4, 0.5) is 5.82 Å². The van der Waals surface area contributed by atoms with E-state index in [4.69, 9.17) is 0 Å². The molecule has 0 spiro atoms. The van der Waals surface area contributed by atoms with Crippen molar-refractivity contribution >= 4 is 11.7 Å². The lowest BCUT2D eigenvalue weighted by atomic mass is 9.80. The number of amides is 1. The summed E-state index contributed by atoms with van der Waals surface area (Å²) in [6.07, 6.45) is 5.14. The summed E-state index contributed by atoms with van der Waals surface area (Å²) in [4.78, 5) is 16.4. The molecule has 0 saturated heterocycles. The van der Waals surface area contributed by atoms with Gasteiger partial charge in [0.2, 0.25) is 0 Å². The monoisotopic (exact) mass is 261 g/mol. The molecule has 104 valence electrons. The second-order valence-corrected chi connectivity index (χ2v) is 5.66. The Hall–Kier alpha value is -1.58. The molecule has 3 unspecified atom stereocenters. The summed E-state index contributed by atoms with van der Waals surface area (Å²) < 4.78 is 0. The predicted molar refractivity (Wildman–Crippen MR) is 77.2 cm³/mol. The zero-order valence-electron chi connectivity index (χ0n) is 11.9. The Balaban J connectivity index is 2.00. The van der Waals surface area contributed by atoms with Crippen molar-refractivity contribution in [2.75, 3.05) is 12.4 Å². The van der Waals surface area contributed by atoms with Gasteiger partial charge in [0.25, 0.3) is 5.91 Å². The highest BCUT2D eigenvalue weighted by Crippen LogP contribution is 2.28. The number of hydrogen-bond acceptors (Lipinski definition) is 3. The number of carbonyl (C=O) groups is 1. The highest BCUT2D eigenvalue weighted by atomic mass is 16.1. The molecular formula is C15H23N3O. The third-order valence-corrected chi connectivity index (χ3v) is 4.03. The van der Waals surface area contributed by atoms with E-state index in [1.54, 1.807) is 25.4 Å². The SMILES string of the molecule is CNc1cc(C(=O)NC2CCC(C)CC2C)ccn1. The van der Waals surface area contributed by atoms with Gasteiger partial charge in [0, 0.05) is 24.8 Å². The summed E-state index contributed by atoms with van der Waals surface area (Å²) >= 11 is 0. The average Bonchev–Trinajstić information content (AvgIpc) is 2.42. The highest BCUT2D eigenvalue weighted by molar-refractivity contribution is 5.95. The summed E-state index contributed by atoms with van der Waals surface area (Å²) in [5.41, 5.74) is 0.671. The van der Waals surface area contributed by atoms with Gasteiger partial charge in [0.05, 0.1) is 0 Å². The van der Waals surface area contributed by atoms with Crippen LogP contribution in [0.5, 0.6) is 0 Å². The van der Waals surface area contributed by atoms with Crippen LogP contribution >= 0.6 is 0 Å². The first kappa shape index (κ1) is 13.8. The quantitative estimate of drug-likeness (QED) is 0.879. The minimum absolute atomic E-state index is 0.00491. The number of rotatable bonds is 3. The first-order valence-corrected chi connectivity index (χ1v) is 7.04. The van der Waals surface area contributed by atoms with Gasteiger partial charge in [0.15, 0.2) is 0 Å². The molecule has 1 saturated carbocycles. The van der Waals surface area contributed by atoms with Crippen molar-refractivity contribution in [3.05, 3.63) is 23.9 Å². The van der Waals surface area contributed by atoms with E-state index in [0.717, 1.165) is 18.2 Å². The second kappa shape index (κ2) is 6.04. The fourth-order valence-corrected chi connectivity index (χ4v) is 2.84. The average molecular weight is 261 g/mol. The number of carbonyl (C=O) groups excluding carboxylic acids is 1. The minimum Gasteiger partial charge on any atom is -0.373 e. The molecular weight excluding hydrogens is 238 g/mol. The normalized spacial score (nSPS) is 26.8. The third kappa shape index (κ3) is 3.46. The number of nitrogens with zero attached hydrogens (tertiary/aromatic N) is 1. The molecule has 0 radical (unpaired) electrons. The summed E-state index contributed by atoms with van der Waals surface area (Å²) in [7, 11) is 1.80. The van der Waals surface area contributed by atoms with Crippen molar-refractivity contribution in [1.82, 2.24) is 10.3 Å². The number of hydrogen-bond donors (Lipinski definition) is 2. The molecule has 19 heavy (non-hydrogen) atoms. The first-order valence-electron chi connectivity index (χ1n) is 7.04. The molecule has 1 amide bonds. The van der Waals surface area contributed by atoms with Crippen molar-refractivity contribution in [3.8, 4) is 0 Å². The Kier molecular flexibility index (Phi) is 4.40. The molecule has 0 aliphatic heterocycles. The van der Waals surface area contributed by atoms with Crippen LogP contribution < -0.4 is 10.6 Å². The van der Waals surface area contributed by atoms with Crippen LogP contribution in [0.1, 0.15) is 43.5 Å². The van der Waals surface area contributed by atoms with Gasteiger partial charge in [0.1, 0.15) is 5.82 Å². The van der Waals surface area contributed by atoms with Crippen LogP contribution in [-0.2, 0) is 0 Å². The number of pyridine rings is 1. The molecule has 2 N–H and O–H groups in total. The van der Waals surface area contributed by atoms with Crippen molar-refractivity contribution in [2.45, 2.75) is 39.2 Å². The van der Waals surface area contributed by atoms with Gasteiger partial charge >= 0.3 is 0 Å². The van der Waals surface area contributed by atoms with Crippen LogP contribution in [0.3, 0.4) is 0 Å². The van der Waals surface area contributed by atoms with Gasteiger partial charge < -0.3 is 10.6 Å². The van der Waals surface area contributed by atoms with E-state index in [9.17, 15) is 4.79 Å². The zero-order chi connectivity index (χ0) is 13.8. The second-order valence-electron chi connectivity index (χ2n) is 5.66. The summed E-state index contributed by atoms with van der Waals surface area (Å²) in [5, 5.41) is 6.11. The van der Waals surface area contributed by atoms with Crippen molar-refractivity contribution in [2.24, 2.45) is 11.8 Å². The standard InChI is InChI=1S/C15H23N3O/c1-10-4-5-13(11(2)8-10)18-15(19)12-6-7-17-14(9-12)16-3/h6-7,9-11,13H,4-5,8H2,1-3H3,(H,16,17)(H,18,19). The Bertz CT molecular complexity index is 447. The topological polar surface area (TPSA) is 54.0 Å². The minimum atomic E-state index is 0.00491. The van der Waals surface area contributed by atoms with Gasteiger partial charge in [-0.25, -0.2) is 4.98 Å². The van der Waals surface area contributed by atoms with Gasteiger partial charge in [-0.2, -0.15) is 0 Å². The van der Waals surface area contributed by atoms with Gasteiger partial charge in [-0.05, 0) is 43.2 Å². The predicted octanol–water partition coefficient (Wildman–Crippen LogP) is 2.68. The van der Waals surface area contributed by atoms with E-state index >= 15 is 0 Å². The van der Waals surface area contributed by atoms with E-state index in [1.165, 1.54) is 12.8 Å². The lowest BCUT2D eigenvalue weighted by molar-refractivity contribution is 0.0899. The molecule has 0 aromatic carbocycles. The molecule has 4 nitrogen and oxygen atoms in total. The molecule has 0 bridgehead atoms.